The Bertz CT molecular complexity index is 800. The van der Waals surface area contributed by atoms with Gasteiger partial charge in [0, 0.05) is 5.75 Å². The fourth-order valence-corrected chi connectivity index (χ4v) is 3.58. The van der Waals surface area contributed by atoms with Crippen LogP contribution in [0.1, 0.15) is 17.0 Å². The van der Waals surface area contributed by atoms with E-state index in [1.54, 1.807) is 23.1 Å². The summed E-state index contributed by atoms with van der Waals surface area (Å²) in [6.07, 6.45) is 0. The van der Waals surface area contributed by atoms with Gasteiger partial charge >= 0.3 is 0 Å². The highest BCUT2D eigenvalue weighted by atomic mass is 32.2. The van der Waals surface area contributed by atoms with Gasteiger partial charge in [0.25, 0.3) is 0 Å². The second-order valence-electron chi connectivity index (χ2n) is 5.25. The second kappa shape index (κ2) is 8.12. The fraction of sp³-hybridized carbons (Fsp3) is 0.235. The summed E-state index contributed by atoms with van der Waals surface area (Å²) in [6, 6.07) is 12.2. The molecule has 0 saturated heterocycles. The lowest BCUT2D eigenvalue weighted by atomic mass is 10.2. The van der Waals surface area contributed by atoms with Gasteiger partial charge in [-0.25, -0.2) is 0 Å². The molecule has 124 valence electrons. The number of rotatable bonds is 7. The van der Waals surface area contributed by atoms with Crippen molar-refractivity contribution in [2.24, 2.45) is 0 Å². The zero-order valence-electron chi connectivity index (χ0n) is 13.2. The number of thioether (sulfide) groups is 1. The van der Waals surface area contributed by atoms with Crippen molar-refractivity contribution < 1.29 is 9.32 Å². The van der Waals surface area contributed by atoms with Crippen LogP contribution in [0.2, 0.25) is 0 Å². The molecule has 0 fully saturated rings. The van der Waals surface area contributed by atoms with Crippen molar-refractivity contribution in [3.63, 3.8) is 0 Å². The third-order valence-electron chi connectivity index (χ3n) is 3.23. The van der Waals surface area contributed by atoms with Crippen LogP contribution in [0, 0.1) is 6.92 Å². The Kier molecular flexibility index (Phi) is 5.66. The van der Waals surface area contributed by atoms with E-state index in [0.717, 1.165) is 10.6 Å². The number of amides is 1. The first-order chi connectivity index (χ1) is 11.7. The van der Waals surface area contributed by atoms with Crippen LogP contribution < -0.4 is 5.32 Å². The maximum atomic E-state index is 11.9. The van der Waals surface area contributed by atoms with Crippen molar-refractivity contribution in [3.05, 3.63) is 58.8 Å². The van der Waals surface area contributed by atoms with Gasteiger partial charge in [-0.1, -0.05) is 41.1 Å². The van der Waals surface area contributed by atoms with Crippen LogP contribution in [0.4, 0.5) is 0 Å². The van der Waals surface area contributed by atoms with Gasteiger partial charge in [0.05, 0.1) is 17.2 Å². The monoisotopic (exact) mass is 359 g/mol. The molecule has 0 radical (unpaired) electrons. The SMILES string of the molecule is Cc1cccc(CSCC(=O)NCc2nc(-c3cccs3)no2)c1. The molecule has 1 amide bonds. The summed E-state index contributed by atoms with van der Waals surface area (Å²) in [5.74, 6) is 2.15. The fourth-order valence-electron chi connectivity index (χ4n) is 2.12. The minimum Gasteiger partial charge on any atom is -0.346 e. The molecule has 1 N–H and O–H groups in total. The average molecular weight is 359 g/mol. The number of aromatic nitrogens is 2. The minimum absolute atomic E-state index is 0.0384. The van der Waals surface area contributed by atoms with Gasteiger partial charge in [-0.05, 0) is 23.9 Å². The van der Waals surface area contributed by atoms with Crippen LogP contribution in [0.25, 0.3) is 10.7 Å². The molecule has 2 heterocycles. The van der Waals surface area contributed by atoms with E-state index in [9.17, 15) is 4.79 Å². The summed E-state index contributed by atoms with van der Waals surface area (Å²) >= 11 is 3.13. The molecule has 3 rings (SSSR count). The predicted octanol–water partition coefficient (Wildman–Crippen LogP) is 3.66. The molecule has 24 heavy (non-hydrogen) atoms. The highest BCUT2D eigenvalue weighted by Gasteiger charge is 2.10. The van der Waals surface area contributed by atoms with Crippen molar-refractivity contribution in [3.8, 4) is 10.7 Å². The zero-order chi connectivity index (χ0) is 16.8. The summed E-state index contributed by atoms with van der Waals surface area (Å²) in [5, 5.41) is 8.67. The predicted molar refractivity (Wildman–Crippen MR) is 96.8 cm³/mol. The van der Waals surface area contributed by atoms with Gasteiger partial charge < -0.3 is 9.84 Å². The molecular weight excluding hydrogens is 342 g/mol. The Balaban J connectivity index is 1.41. The lowest BCUT2D eigenvalue weighted by molar-refractivity contribution is -0.118. The molecule has 0 bridgehead atoms. The van der Waals surface area contributed by atoms with Crippen molar-refractivity contribution in [1.29, 1.82) is 0 Å². The lowest BCUT2D eigenvalue weighted by Crippen LogP contribution is -2.24. The van der Waals surface area contributed by atoms with Crippen molar-refractivity contribution in [1.82, 2.24) is 15.5 Å². The van der Waals surface area contributed by atoms with Crippen LogP contribution in [0.15, 0.2) is 46.3 Å². The summed E-state index contributed by atoms with van der Waals surface area (Å²) in [4.78, 5) is 17.1. The molecule has 1 aromatic carbocycles. The molecule has 2 aromatic heterocycles. The number of hydrogen-bond donors (Lipinski definition) is 1. The van der Waals surface area contributed by atoms with Crippen LogP contribution in [0.5, 0.6) is 0 Å². The van der Waals surface area contributed by atoms with E-state index in [2.05, 4.69) is 40.6 Å². The number of aryl methyl sites for hydroxylation is 1. The number of nitrogens with one attached hydrogen (secondary N) is 1. The molecular formula is C17H17N3O2S2. The standard InChI is InChI=1S/C17H17N3O2S2/c1-12-4-2-5-13(8-12)10-23-11-15(21)18-9-16-19-17(20-22-16)14-6-3-7-24-14/h2-8H,9-11H2,1H3,(H,18,21). The van der Waals surface area contributed by atoms with Gasteiger partial charge in [0.15, 0.2) is 0 Å². The normalized spacial score (nSPS) is 10.7. The molecule has 0 spiro atoms. The second-order valence-corrected chi connectivity index (χ2v) is 7.18. The molecule has 0 atom stereocenters. The number of nitrogens with zero attached hydrogens (tertiary/aromatic N) is 2. The van der Waals surface area contributed by atoms with Crippen LogP contribution in [0.3, 0.4) is 0 Å². The average Bonchev–Trinajstić information content (AvgIpc) is 3.24. The summed E-state index contributed by atoms with van der Waals surface area (Å²) in [6.45, 7) is 2.32. The maximum absolute atomic E-state index is 11.9. The smallest absolute Gasteiger partial charge is 0.246 e. The van der Waals surface area contributed by atoms with Crippen LogP contribution in [-0.4, -0.2) is 21.8 Å². The Morgan fingerprint density at radius 2 is 2.25 bits per heavy atom. The molecule has 7 heteroatoms. The van der Waals surface area contributed by atoms with Gasteiger partial charge in [-0.3, -0.25) is 4.79 Å². The van der Waals surface area contributed by atoms with E-state index in [4.69, 9.17) is 4.52 Å². The van der Waals surface area contributed by atoms with Crippen LogP contribution in [-0.2, 0) is 17.1 Å². The van der Waals surface area contributed by atoms with Crippen molar-refractivity contribution in [2.45, 2.75) is 19.2 Å². The molecule has 0 unspecified atom stereocenters. The number of benzene rings is 1. The molecule has 3 aromatic rings. The Labute approximate surface area is 148 Å². The first-order valence-electron chi connectivity index (χ1n) is 7.47. The molecule has 0 saturated carbocycles. The maximum Gasteiger partial charge on any atom is 0.246 e. The molecule has 0 aliphatic carbocycles. The molecule has 0 aliphatic heterocycles. The Hall–Kier alpha value is -2.12. The number of carbonyl (C=O) groups excluding carboxylic acids is 1. The van der Waals surface area contributed by atoms with Gasteiger partial charge in [-0.2, -0.15) is 4.98 Å². The van der Waals surface area contributed by atoms with Crippen LogP contribution >= 0.6 is 23.1 Å². The highest BCUT2D eigenvalue weighted by molar-refractivity contribution is 7.99. The first kappa shape index (κ1) is 16.7. The Morgan fingerprint density at radius 3 is 3.04 bits per heavy atom. The van der Waals surface area contributed by atoms with Gasteiger partial charge in [0.1, 0.15) is 0 Å². The summed E-state index contributed by atoms with van der Waals surface area (Å²) in [7, 11) is 0. The quantitative estimate of drug-likeness (QED) is 0.697. The number of carbonyl (C=O) groups is 1. The third kappa shape index (κ3) is 4.69. The number of thiophene rings is 1. The highest BCUT2D eigenvalue weighted by Crippen LogP contribution is 2.21. The van der Waals surface area contributed by atoms with Gasteiger partial charge in [0.2, 0.25) is 17.6 Å². The van der Waals surface area contributed by atoms with E-state index in [0.29, 0.717) is 17.5 Å². The first-order valence-corrected chi connectivity index (χ1v) is 9.50. The molecule has 5 nitrogen and oxygen atoms in total. The third-order valence-corrected chi connectivity index (χ3v) is 5.10. The molecule has 0 aliphatic rings. The number of hydrogen-bond acceptors (Lipinski definition) is 6. The van der Waals surface area contributed by atoms with E-state index in [1.165, 1.54) is 11.1 Å². The van der Waals surface area contributed by atoms with Crippen molar-refractivity contribution >= 4 is 29.0 Å². The largest absolute Gasteiger partial charge is 0.346 e. The zero-order valence-corrected chi connectivity index (χ0v) is 14.8. The van der Waals surface area contributed by atoms with Crippen molar-refractivity contribution in [2.75, 3.05) is 5.75 Å². The van der Waals surface area contributed by atoms with E-state index in [1.807, 2.05) is 23.6 Å². The summed E-state index contributed by atoms with van der Waals surface area (Å²) in [5.41, 5.74) is 2.46. The lowest BCUT2D eigenvalue weighted by Gasteiger charge is -2.03. The van der Waals surface area contributed by atoms with E-state index >= 15 is 0 Å². The minimum atomic E-state index is -0.0384. The topological polar surface area (TPSA) is 68.0 Å². The van der Waals surface area contributed by atoms with Gasteiger partial charge in [-0.15, -0.1) is 23.1 Å². The van der Waals surface area contributed by atoms with E-state index < -0.39 is 0 Å². The Morgan fingerprint density at radius 1 is 1.33 bits per heavy atom. The van der Waals surface area contributed by atoms with E-state index in [-0.39, 0.29) is 12.5 Å². The summed E-state index contributed by atoms with van der Waals surface area (Å²) < 4.78 is 5.15.